The molecule has 0 saturated heterocycles. The van der Waals surface area contributed by atoms with Gasteiger partial charge in [-0.3, -0.25) is 4.79 Å². The van der Waals surface area contributed by atoms with E-state index in [4.69, 9.17) is 37.1 Å². The maximum Gasteiger partial charge on any atom is 0.255 e. The fraction of sp³-hybridized carbons (Fsp3) is 0.189. The zero-order valence-electron chi connectivity index (χ0n) is 28.9. The molecule has 53 heavy (non-hydrogen) atoms. The minimum Gasteiger partial charge on any atom is -0.493 e. The smallest absolute Gasteiger partial charge is 0.255 e. The monoisotopic (exact) mass is 798 g/mol. The number of amides is 1. The van der Waals surface area contributed by atoms with Gasteiger partial charge in [-0.1, -0.05) is 77.3 Å². The van der Waals surface area contributed by atoms with E-state index >= 15 is 0 Å². The van der Waals surface area contributed by atoms with Crippen molar-refractivity contribution in [3.05, 3.63) is 141 Å². The second-order valence-corrected chi connectivity index (χ2v) is 16.4. The van der Waals surface area contributed by atoms with Crippen molar-refractivity contribution in [1.82, 2.24) is 14.0 Å². The highest BCUT2D eigenvalue weighted by Crippen LogP contribution is 2.31. The zero-order chi connectivity index (χ0) is 38.2. The van der Waals surface area contributed by atoms with E-state index in [0.29, 0.717) is 27.7 Å². The number of carbonyl (C=O) groups is 1. The molecule has 16 heteroatoms. The van der Waals surface area contributed by atoms with E-state index in [1.807, 2.05) is 6.92 Å². The van der Waals surface area contributed by atoms with Crippen LogP contribution in [0.15, 0.2) is 122 Å². The summed E-state index contributed by atoms with van der Waals surface area (Å²) in [5.74, 6) is 0.349. The van der Waals surface area contributed by atoms with Gasteiger partial charge in [0.2, 0.25) is 20.0 Å². The summed E-state index contributed by atoms with van der Waals surface area (Å²) in [5.41, 5.74) is 4.52. The fourth-order valence-corrected chi connectivity index (χ4v) is 8.27. The van der Waals surface area contributed by atoms with Crippen molar-refractivity contribution >= 4 is 55.4 Å². The van der Waals surface area contributed by atoms with E-state index in [1.165, 1.54) is 55.1 Å². The van der Waals surface area contributed by atoms with Gasteiger partial charge in [0.15, 0.2) is 11.5 Å². The van der Waals surface area contributed by atoms with Crippen molar-refractivity contribution in [2.24, 2.45) is 5.10 Å². The average molecular weight is 800 g/mol. The molecular weight excluding hydrogens is 763 g/mol. The van der Waals surface area contributed by atoms with Crippen molar-refractivity contribution in [1.29, 1.82) is 0 Å². The second kappa shape index (κ2) is 17.4. The summed E-state index contributed by atoms with van der Waals surface area (Å²) in [7, 11) is -5.36. The van der Waals surface area contributed by atoms with Crippen LogP contribution in [0.4, 0.5) is 0 Å². The number of hydrogen-bond acceptors (Lipinski definition) is 9. The Balaban J connectivity index is 1.31. The zero-order valence-corrected chi connectivity index (χ0v) is 32.0. The highest BCUT2D eigenvalue weighted by atomic mass is 35.5. The number of nitrogens with zero attached hydrogens (tertiary/aromatic N) is 3. The molecule has 1 N–H and O–H groups in total. The van der Waals surface area contributed by atoms with Gasteiger partial charge < -0.3 is 13.9 Å². The Hall–Kier alpha value is -4.70. The van der Waals surface area contributed by atoms with Crippen LogP contribution in [0.1, 0.15) is 28.2 Å². The third-order valence-corrected chi connectivity index (χ3v) is 12.2. The molecule has 0 unspecified atom stereocenters. The Morgan fingerprint density at radius 3 is 2.08 bits per heavy atom. The number of benzene rings is 4. The molecule has 5 aromatic rings. The van der Waals surface area contributed by atoms with Crippen LogP contribution in [0.2, 0.25) is 10.0 Å². The first-order valence-corrected chi connectivity index (χ1v) is 19.6. The average Bonchev–Trinajstić information content (AvgIpc) is 3.59. The van der Waals surface area contributed by atoms with Crippen LogP contribution >= 0.6 is 23.2 Å². The minimum absolute atomic E-state index is 0.0288. The molecule has 1 aromatic heterocycles. The molecule has 0 bridgehead atoms. The van der Waals surface area contributed by atoms with Gasteiger partial charge in [0, 0.05) is 19.2 Å². The normalized spacial score (nSPS) is 12.1. The number of furan rings is 1. The van der Waals surface area contributed by atoms with E-state index in [0.717, 1.165) is 9.87 Å². The second-order valence-electron chi connectivity index (χ2n) is 11.7. The molecule has 12 nitrogen and oxygen atoms in total. The molecule has 0 atom stereocenters. The largest absolute Gasteiger partial charge is 0.493 e. The number of rotatable bonds is 16. The van der Waals surface area contributed by atoms with E-state index in [2.05, 4.69) is 10.5 Å². The van der Waals surface area contributed by atoms with E-state index in [-0.39, 0.29) is 46.0 Å². The quantitative estimate of drug-likeness (QED) is 0.0863. The number of nitrogens with one attached hydrogen (secondary N) is 1. The number of ether oxygens (including phenoxy) is 2. The first kappa shape index (κ1) is 39.5. The van der Waals surface area contributed by atoms with Crippen LogP contribution < -0.4 is 14.9 Å². The summed E-state index contributed by atoms with van der Waals surface area (Å²) >= 11 is 12.3. The summed E-state index contributed by atoms with van der Waals surface area (Å²) in [6, 6.07) is 27.5. The van der Waals surface area contributed by atoms with Gasteiger partial charge in [0.1, 0.15) is 11.5 Å². The lowest BCUT2D eigenvalue weighted by Gasteiger charge is -2.22. The predicted molar refractivity (Wildman–Crippen MR) is 202 cm³/mol. The first-order valence-electron chi connectivity index (χ1n) is 16.0. The molecule has 1 heterocycles. The lowest BCUT2D eigenvalue weighted by Crippen LogP contribution is -2.39. The van der Waals surface area contributed by atoms with Gasteiger partial charge >= 0.3 is 0 Å². The summed E-state index contributed by atoms with van der Waals surface area (Å²) < 4.78 is 73.8. The van der Waals surface area contributed by atoms with Crippen LogP contribution in [-0.4, -0.2) is 58.3 Å². The third-order valence-electron chi connectivity index (χ3n) is 7.91. The Labute approximate surface area is 318 Å². The number of hydrogen-bond donors (Lipinski definition) is 1. The van der Waals surface area contributed by atoms with Gasteiger partial charge in [-0.15, -0.1) is 0 Å². The van der Waals surface area contributed by atoms with Gasteiger partial charge in [-0.05, 0) is 66.6 Å². The molecular formula is C37H36Cl2N4O8S2. The van der Waals surface area contributed by atoms with E-state index in [1.54, 1.807) is 72.8 Å². The highest BCUT2D eigenvalue weighted by molar-refractivity contribution is 7.89. The van der Waals surface area contributed by atoms with Crippen LogP contribution in [0.25, 0.3) is 0 Å². The molecule has 0 aliphatic carbocycles. The SMILES string of the molecule is COc1ccc(S(=O)(=O)N(CC(=O)N/N=C\c2ccc(CN(Cc3ccc(Cl)c(Cl)c3)S(=O)(=O)c3ccc(C)cc3)o2)Cc2ccccc2)cc1OC. The number of halogens is 2. The minimum atomic E-state index is -4.20. The summed E-state index contributed by atoms with van der Waals surface area (Å²) in [6.45, 7) is 1.03. The van der Waals surface area contributed by atoms with Crippen LogP contribution in [0, 0.1) is 6.92 Å². The molecule has 0 saturated carbocycles. The molecule has 0 aliphatic heterocycles. The summed E-state index contributed by atoms with van der Waals surface area (Å²) in [4.78, 5) is 13.1. The third kappa shape index (κ3) is 10.0. The van der Waals surface area contributed by atoms with Crippen molar-refractivity contribution in [2.45, 2.75) is 36.3 Å². The number of aryl methyl sites for hydroxylation is 1. The molecule has 0 aliphatic rings. The molecule has 1 amide bonds. The molecule has 4 aromatic carbocycles. The van der Waals surface area contributed by atoms with Crippen molar-refractivity contribution in [3.8, 4) is 11.5 Å². The Morgan fingerprint density at radius 1 is 0.736 bits per heavy atom. The lowest BCUT2D eigenvalue weighted by atomic mass is 10.2. The summed E-state index contributed by atoms with van der Waals surface area (Å²) in [5, 5.41) is 4.58. The predicted octanol–water partition coefficient (Wildman–Crippen LogP) is 6.64. The molecule has 0 radical (unpaired) electrons. The number of sulfonamides is 2. The van der Waals surface area contributed by atoms with Gasteiger partial charge in [-0.25, -0.2) is 22.3 Å². The maximum absolute atomic E-state index is 13.8. The number of hydrazone groups is 1. The van der Waals surface area contributed by atoms with Crippen molar-refractivity contribution < 1.29 is 35.5 Å². The Kier molecular flexibility index (Phi) is 13.0. The lowest BCUT2D eigenvalue weighted by molar-refractivity contribution is -0.121. The molecule has 0 fully saturated rings. The molecule has 5 rings (SSSR count). The Morgan fingerprint density at radius 2 is 1.40 bits per heavy atom. The van der Waals surface area contributed by atoms with Crippen molar-refractivity contribution in [2.75, 3.05) is 20.8 Å². The van der Waals surface area contributed by atoms with Crippen LogP contribution in [0.3, 0.4) is 0 Å². The van der Waals surface area contributed by atoms with E-state index in [9.17, 15) is 21.6 Å². The van der Waals surface area contributed by atoms with Gasteiger partial charge in [0.25, 0.3) is 5.91 Å². The van der Waals surface area contributed by atoms with E-state index < -0.39 is 32.5 Å². The standard InChI is InChI=1S/C37H36Cl2N4O8S2/c1-26-9-14-31(15-10-26)52(45,46)42(23-28-11-17-33(38)34(39)19-28)24-30-13-12-29(51-30)21-40-41-37(44)25-43(22-27-7-5-4-6-8-27)53(47,48)32-16-18-35(49-2)36(20-32)50-3/h4-21H,22-25H2,1-3H3,(H,41,44)/b40-21-. The highest BCUT2D eigenvalue weighted by Gasteiger charge is 2.29. The van der Waals surface area contributed by atoms with Gasteiger partial charge in [0.05, 0.1) is 53.4 Å². The van der Waals surface area contributed by atoms with Gasteiger partial charge in [-0.2, -0.15) is 13.7 Å². The number of methoxy groups -OCH3 is 2. The van der Waals surface area contributed by atoms with Crippen molar-refractivity contribution in [3.63, 3.8) is 0 Å². The van der Waals surface area contributed by atoms with Crippen LogP contribution in [0.5, 0.6) is 11.5 Å². The Bertz CT molecular complexity index is 2300. The topological polar surface area (TPSA) is 148 Å². The number of carbonyl (C=O) groups excluding carboxylic acids is 1. The molecule has 0 spiro atoms. The van der Waals surface area contributed by atoms with Crippen LogP contribution in [-0.2, 0) is 44.5 Å². The fourth-order valence-electron chi connectivity index (χ4n) is 5.15. The first-order chi connectivity index (χ1) is 25.3. The maximum atomic E-state index is 13.8. The molecule has 278 valence electrons. The summed E-state index contributed by atoms with van der Waals surface area (Å²) in [6.07, 6.45) is 1.23.